The highest BCUT2D eigenvalue weighted by Crippen LogP contribution is 2.20. The molecule has 1 aromatic carbocycles. The van der Waals surface area contributed by atoms with Crippen LogP contribution in [0.5, 0.6) is 0 Å². The van der Waals surface area contributed by atoms with Crippen LogP contribution in [0.2, 0.25) is 0 Å². The van der Waals surface area contributed by atoms with E-state index < -0.39 is 10.0 Å². The van der Waals surface area contributed by atoms with E-state index >= 15 is 0 Å². The second-order valence-corrected chi connectivity index (χ2v) is 7.35. The van der Waals surface area contributed by atoms with Crippen molar-refractivity contribution in [1.29, 1.82) is 0 Å². The Morgan fingerprint density at radius 1 is 1.33 bits per heavy atom. The van der Waals surface area contributed by atoms with Crippen LogP contribution in [0, 0.1) is 6.92 Å². The Kier molecular flexibility index (Phi) is 4.60. The first-order chi connectivity index (χ1) is 9.79. The number of benzene rings is 1. The van der Waals surface area contributed by atoms with E-state index in [1.807, 2.05) is 0 Å². The lowest BCUT2D eigenvalue weighted by Gasteiger charge is -2.10. The van der Waals surface area contributed by atoms with Crippen LogP contribution in [0.4, 0.5) is 5.82 Å². The zero-order chi connectivity index (χ0) is 15.6. The van der Waals surface area contributed by atoms with Gasteiger partial charge < -0.3 is 5.73 Å². The van der Waals surface area contributed by atoms with Gasteiger partial charge in [-0.2, -0.15) is 0 Å². The SMILES string of the molecule is Cc1cc(Br)cnc1NS(=O)(=O)c1ccc(C(N)=S)cc1. The number of thiocarbonyl (C=S) groups is 1. The van der Waals surface area contributed by atoms with Gasteiger partial charge in [0.1, 0.15) is 10.8 Å². The lowest BCUT2D eigenvalue weighted by molar-refractivity contribution is 0.601. The monoisotopic (exact) mass is 385 g/mol. The van der Waals surface area contributed by atoms with E-state index in [-0.39, 0.29) is 15.7 Å². The molecule has 1 heterocycles. The molecule has 0 aliphatic heterocycles. The number of hydrogen-bond donors (Lipinski definition) is 2. The van der Waals surface area contributed by atoms with Gasteiger partial charge in [0.25, 0.3) is 10.0 Å². The number of halogens is 1. The molecule has 0 saturated carbocycles. The van der Waals surface area contributed by atoms with E-state index in [0.29, 0.717) is 11.1 Å². The van der Waals surface area contributed by atoms with Gasteiger partial charge >= 0.3 is 0 Å². The van der Waals surface area contributed by atoms with Gasteiger partial charge in [0.15, 0.2) is 0 Å². The van der Waals surface area contributed by atoms with Gasteiger partial charge in [0.05, 0.1) is 4.90 Å². The maximum Gasteiger partial charge on any atom is 0.263 e. The van der Waals surface area contributed by atoms with Crippen molar-refractivity contribution in [1.82, 2.24) is 4.98 Å². The van der Waals surface area contributed by atoms with E-state index in [0.717, 1.165) is 4.47 Å². The minimum atomic E-state index is -3.70. The van der Waals surface area contributed by atoms with Crippen LogP contribution in [0.3, 0.4) is 0 Å². The number of aromatic nitrogens is 1. The summed E-state index contributed by atoms with van der Waals surface area (Å²) in [5.41, 5.74) is 6.81. The standard InChI is InChI=1S/C13H12BrN3O2S2/c1-8-6-10(14)7-16-13(8)17-21(18,19)11-4-2-9(3-5-11)12(15)20/h2-7H,1H3,(H2,15,20)(H,16,17). The zero-order valence-corrected chi connectivity index (χ0v) is 14.2. The van der Waals surface area contributed by atoms with Crippen LogP contribution < -0.4 is 10.5 Å². The summed E-state index contributed by atoms with van der Waals surface area (Å²) >= 11 is 8.11. The van der Waals surface area contributed by atoms with Crippen molar-refractivity contribution < 1.29 is 8.42 Å². The van der Waals surface area contributed by atoms with E-state index in [2.05, 4.69) is 25.6 Å². The number of nitrogens with two attached hydrogens (primary N) is 1. The van der Waals surface area contributed by atoms with Crippen LogP contribution in [-0.4, -0.2) is 18.4 Å². The van der Waals surface area contributed by atoms with Crippen molar-refractivity contribution >= 4 is 49.0 Å². The normalized spacial score (nSPS) is 11.1. The fourth-order valence-corrected chi connectivity index (χ4v) is 3.29. The summed E-state index contributed by atoms with van der Waals surface area (Å²) in [5, 5.41) is 0. The maximum atomic E-state index is 12.3. The Morgan fingerprint density at radius 3 is 2.48 bits per heavy atom. The molecular weight excluding hydrogens is 374 g/mol. The summed E-state index contributed by atoms with van der Waals surface area (Å²) in [6.07, 6.45) is 1.53. The molecule has 0 spiro atoms. The predicted molar refractivity (Wildman–Crippen MR) is 89.8 cm³/mol. The molecule has 0 unspecified atom stereocenters. The number of rotatable bonds is 4. The Hall–Kier alpha value is -1.51. The van der Waals surface area contributed by atoms with Crippen molar-refractivity contribution in [2.45, 2.75) is 11.8 Å². The molecule has 21 heavy (non-hydrogen) atoms. The highest BCUT2D eigenvalue weighted by Gasteiger charge is 2.16. The Bertz CT molecular complexity index is 790. The highest BCUT2D eigenvalue weighted by molar-refractivity contribution is 9.10. The molecule has 110 valence electrons. The van der Waals surface area contributed by atoms with E-state index in [9.17, 15) is 8.42 Å². The molecule has 0 atom stereocenters. The molecule has 0 radical (unpaired) electrons. The van der Waals surface area contributed by atoms with Gasteiger partial charge in [-0.25, -0.2) is 13.4 Å². The third kappa shape index (κ3) is 3.78. The van der Waals surface area contributed by atoms with E-state index in [1.54, 1.807) is 25.1 Å². The molecule has 1 aromatic heterocycles. The highest BCUT2D eigenvalue weighted by atomic mass is 79.9. The van der Waals surface area contributed by atoms with Gasteiger partial charge in [-0.05, 0) is 46.6 Å². The average Bonchev–Trinajstić information content (AvgIpc) is 2.42. The molecule has 8 heteroatoms. The molecule has 0 aliphatic rings. The summed E-state index contributed by atoms with van der Waals surface area (Å²) < 4.78 is 27.8. The quantitative estimate of drug-likeness (QED) is 0.789. The maximum absolute atomic E-state index is 12.3. The Labute approximate surface area is 136 Å². The smallest absolute Gasteiger partial charge is 0.263 e. The third-order valence-electron chi connectivity index (χ3n) is 2.73. The van der Waals surface area contributed by atoms with E-state index in [1.165, 1.54) is 18.3 Å². The van der Waals surface area contributed by atoms with Crippen LogP contribution >= 0.6 is 28.1 Å². The van der Waals surface area contributed by atoms with Gasteiger partial charge in [-0.1, -0.05) is 24.4 Å². The van der Waals surface area contributed by atoms with Crippen molar-refractivity contribution in [2.24, 2.45) is 5.73 Å². The molecule has 0 saturated heterocycles. The lowest BCUT2D eigenvalue weighted by atomic mass is 10.2. The lowest BCUT2D eigenvalue weighted by Crippen LogP contribution is -2.15. The molecule has 0 aliphatic carbocycles. The Morgan fingerprint density at radius 2 is 1.95 bits per heavy atom. The average molecular weight is 386 g/mol. The first-order valence-corrected chi connectivity index (χ1v) is 8.53. The van der Waals surface area contributed by atoms with Crippen molar-refractivity contribution in [2.75, 3.05) is 4.72 Å². The van der Waals surface area contributed by atoms with Gasteiger partial charge in [0, 0.05) is 16.2 Å². The topological polar surface area (TPSA) is 85.1 Å². The minimum absolute atomic E-state index is 0.117. The van der Waals surface area contributed by atoms with Crippen molar-refractivity contribution in [3.8, 4) is 0 Å². The number of anilines is 1. The van der Waals surface area contributed by atoms with Crippen LogP contribution in [0.25, 0.3) is 0 Å². The first kappa shape index (κ1) is 15.9. The summed E-state index contributed by atoms with van der Waals surface area (Å²) in [6.45, 7) is 1.77. The number of nitrogens with one attached hydrogen (secondary N) is 1. The predicted octanol–water partition coefficient (Wildman–Crippen LogP) is 2.59. The fourth-order valence-electron chi connectivity index (χ4n) is 1.63. The van der Waals surface area contributed by atoms with Gasteiger partial charge in [0.2, 0.25) is 0 Å². The molecule has 2 rings (SSSR count). The Balaban J connectivity index is 2.31. The molecule has 5 nitrogen and oxygen atoms in total. The second kappa shape index (κ2) is 6.08. The van der Waals surface area contributed by atoms with Crippen LogP contribution in [-0.2, 0) is 10.0 Å². The summed E-state index contributed by atoms with van der Waals surface area (Å²) in [6, 6.07) is 7.81. The minimum Gasteiger partial charge on any atom is -0.389 e. The second-order valence-electron chi connectivity index (χ2n) is 4.31. The van der Waals surface area contributed by atoms with Crippen molar-refractivity contribution in [3.05, 3.63) is 52.1 Å². The number of pyridine rings is 1. The number of sulfonamides is 1. The molecule has 0 bridgehead atoms. The largest absolute Gasteiger partial charge is 0.389 e. The van der Waals surface area contributed by atoms with Gasteiger partial charge in [-0.3, -0.25) is 4.72 Å². The number of hydrogen-bond acceptors (Lipinski definition) is 4. The van der Waals surface area contributed by atoms with Gasteiger partial charge in [-0.15, -0.1) is 0 Å². The summed E-state index contributed by atoms with van der Waals surface area (Å²) in [5.74, 6) is 0.289. The zero-order valence-electron chi connectivity index (χ0n) is 11.0. The first-order valence-electron chi connectivity index (χ1n) is 5.84. The molecule has 2 aromatic rings. The number of nitrogens with zero attached hydrogens (tertiary/aromatic N) is 1. The summed E-state index contributed by atoms with van der Waals surface area (Å²) in [4.78, 5) is 4.39. The third-order valence-corrected chi connectivity index (χ3v) is 4.75. The molecular formula is C13H12BrN3O2S2. The molecule has 3 N–H and O–H groups in total. The summed E-state index contributed by atoms with van der Waals surface area (Å²) in [7, 11) is -3.70. The number of aryl methyl sites for hydroxylation is 1. The molecule has 0 fully saturated rings. The van der Waals surface area contributed by atoms with Crippen molar-refractivity contribution in [3.63, 3.8) is 0 Å². The van der Waals surface area contributed by atoms with Crippen LogP contribution in [0.1, 0.15) is 11.1 Å². The fraction of sp³-hybridized carbons (Fsp3) is 0.0769. The van der Waals surface area contributed by atoms with Crippen LogP contribution in [0.15, 0.2) is 45.9 Å². The van der Waals surface area contributed by atoms with E-state index in [4.69, 9.17) is 18.0 Å². The molecule has 0 amide bonds.